The molecule has 1 atom stereocenters. The van der Waals surface area contributed by atoms with Gasteiger partial charge in [0.05, 0.1) is 12.6 Å². The van der Waals surface area contributed by atoms with Crippen molar-refractivity contribution in [3.63, 3.8) is 0 Å². The second-order valence-corrected chi connectivity index (χ2v) is 6.92. The molecule has 2 aromatic rings. The molecule has 134 valence electrons. The van der Waals surface area contributed by atoms with Crippen LogP contribution in [0.5, 0.6) is 0 Å². The monoisotopic (exact) mass is 342 g/mol. The van der Waals surface area contributed by atoms with E-state index in [1.165, 1.54) is 5.56 Å². The van der Waals surface area contributed by atoms with Crippen LogP contribution in [0.2, 0.25) is 0 Å². The van der Waals surface area contributed by atoms with Crippen molar-refractivity contribution in [1.82, 2.24) is 20.1 Å². The highest BCUT2D eigenvalue weighted by molar-refractivity contribution is 5.81. The molecule has 2 N–H and O–H groups in total. The van der Waals surface area contributed by atoms with Crippen molar-refractivity contribution in [2.45, 2.75) is 39.3 Å². The van der Waals surface area contributed by atoms with Gasteiger partial charge >= 0.3 is 6.03 Å². The second-order valence-electron chi connectivity index (χ2n) is 6.92. The van der Waals surface area contributed by atoms with Gasteiger partial charge in [0, 0.05) is 38.3 Å². The van der Waals surface area contributed by atoms with Crippen molar-refractivity contribution in [2.75, 3.05) is 20.1 Å². The number of rotatable bonds is 3. The van der Waals surface area contributed by atoms with E-state index in [4.69, 9.17) is 0 Å². The molecule has 0 spiro atoms. The Morgan fingerprint density at radius 2 is 2.16 bits per heavy atom. The number of likely N-dealkylation sites (N-methyl/N-ethyl adjacent to an activating group) is 1. The van der Waals surface area contributed by atoms with E-state index in [0.717, 1.165) is 36.0 Å². The Balaban J connectivity index is 1.58. The molecule has 1 aromatic carbocycles. The Bertz CT molecular complexity index is 783. The lowest BCUT2D eigenvalue weighted by atomic mass is 10.0. The molecule has 0 radical (unpaired) electrons. The molecule has 1 aromatic heterocycles. The zero-order valence-electron chi connectivity index (χ0n) is 15.1. The van der Waals surface area contributed by atoms with Crippen molar-refractivity contribution >= 4 is 22.8 Å². The number of carbonyl (C=O) groups is 2. The molecular weight excluding hydrogens is 316 g/mol. The van der Waals surface area contributed by atoms with Crippen LogP contribution >= 0.6 is 0 Å². The number of hydrogen-bond acceptors (Lipinski definition) is 2. The van der Waals surface area contributed by atoms with Crippen LogP contribution in [0.3, 0.4) is 0 Å². The van der Waals surface area contributed by atoms with Crippen molar-refractivity contribution in [2.24, 2.45) is 0 Å². The Morgan fingerprint density at radius 3 is 2.92 bits per heavy atom. The number of aromatic amines is 1. The standard InChI is InChI=1S/C19H26N4O2/c1-13-6-7-18-15(9-13)10-16(21-18)11-20-19(25)22(3)17-5-4-8-23(12-17)14(2)24/h6-7,9-10,17,21H,4-5,8,11-12H2,1-3H3,(H,20,25)/t17-/m1/s1. The lowest BCUT2D eigenvalue weighted by Gasteiger charge is -2.37. The number of piperidine rings is 1. The Labute approximate surface area is 148 Å². The van der Waals surface area contributed by atoms with Gasteiger partial charge in [-0.15, -0.1) is 0 Å². The highest BCUT2D eigenvalue weighted by Gasteiger charge is 2.27. The summed E-state index contributed by atoms with van der Waals surface area (Å²) >= 11 is 0. The van der Waals surface area contributed by atoms with Crippen LogP contribution in [0.4, 0.5) is 4.79 Å². The number of nitrogens with zero attached hydrogens (tertiary/aromatic N) is 2. The molecule has 25 heavy (non-hydrogen) atoms. The Hall–Kier alpha value is -2.50. The number of nitrogens with one attached hydrogen (secondary N) is 2. The van der Waals surface area contributed by atoms with Gasteiger partial charge in [-0.25, -0.2) is 4.79 Å². The van der Waals surface area contributed by atoms with Crippen LogP contribution in [0.1, 0.15) is 31.0 Å². The lowest BCUT2D eigenvalue weighted by molar-refractivity contribution is -0.130. The molecule has 3 amide bonds. The van der Waals surface area contributed by atoms with Gasteiger partial charge in [-0.2, -0.15) is 0 Å². The summed E-state index contributed by atoms with van der Waals surface area (Å²) in [6.45, 7) is 5.51. The molecule has 0 saturated carbocycles. The molecule has 1 aliphatic rings. The quantitative estimate of drug-likeness (QED) is 0.900. The van der Waals surface area contributed by atoms with Crippen molar-refractivity contribution in [3.8, 4) is 0 Å². The minimum Gasteiger partial charge on any atom is -0.357 e. The predicted molar refractivity (Wildman–Crippen MR) is 98.3 cm³/mol. The fourth-order valence-electron chi connectivity index (χ4n) is 3.43. The van der Waals surface area contributed by atoms with E-state index in [1.807, 2.05) is 4.90 Å². The maximum Gasteiger partial charge on any atom is 0.317 e. The minimum absolute atomic E-state index is 0.0722. The third-order valence-corrected chi connectivity index (χ3v) is 4.97. The summed E-state index contributed by atoms with van der Waals surface area (Å²) in [7, 11) is 1.80. The first-order valence-electron chi connectivity index (χ1n) is 8.78. The van der Waals surface area contributed by atoms with Gasteiger partial charge in [-0.05, 0) is 43.4 Å². The summed E-state index contributed by atoms with van der Waals surface area (Å²) in [5, 5.41) is 4.12. The molecule has 0 unspecified atom stereocenters. The van der Waals surface area contributed by atoms with E-state index in [1.54, 1.807) is 18.9 Å². The third-order valence-electron chi connectivity index (χ3n) is 4.97. The first-order chi connectivity index (χ1) is 11.9. The van der Waals surface area contributed by atoms with Crippen LogP contribution in [-0.4, -0.2) is 52.9 Å². The number of likely N-dealkylation sites (tertiary alicyclic amines) is 1. The number of aromatic nitrogens is 1. The molecule has 0 aliphatic carbocycles. The first-order valence-corrected chi connectivity index (χ1v) is 8.78. The van der Waals surface area contributed by atoms with E-state index in [9.17, 15) is 9.59 Å². The summed E-state index contributed by atoms with van der Waals surface area (Å²) < 4.78 is 0. The van der Waals surface area contributed by atoms with E-state index >= 15 is 0 Å². The van der Waals surface area contributed by atoms with Crippen molar-refractivity contribution in [3.05, 3.63) is 35.5 Å². The van der Waals surface area contributed by atoms with Gasteiger partial charge in [0.25, 0.3) is 0 Å². The molecule has 6 heteroatoms. The number of carbonyl (C=O) groups excluding carboxylic acids is 2. The number of aryl methyl sites for hydroxylation is 1. The predicted octanol–water partition coefficient (Wildman–Crippen LogP) is 2.63. The average Bonchev–Trinajstić information content (AvgIpc) is 3.01. The number of amides is 3. The second kappa shape index (κ2) is 7.17. The van der Waals surface area contributed by atoms with Crippen LogP contribution in [-0.2, 0) is 11.3 Å². The fraction of sp³-hybridized carbons (Fsp3) is 0.474. The molecule has 3 rings (SSSR count). The third kappa shape index (κ3) is 3.95. The van der Waals surface area contributed by atoms with Gasteiger partial charge in [0.1, 0.15) is 0 Å². The zero-order valence-corrected chi connectivity index (χ0v) is 15.1. The summed E-state index contributed by atoms with van der Waals surface area (Å²) in [5.74, 6) is 0.0758. The molecule has 0 bridgehead atoms. The number of fused-ring (bicyclic) bond motifs is 1. The van der Waals surface area contributed by atoms with Gasteiger partial charge in [-0.3, -0.25) is 4.79 Å². The fourth-order valence-corrected chi connectivity index (χ4v) is 3.43. The van der Waals surface area contributed by atoms with E-state index in [2.05, 4.69) is 41.5 Å². The van der Waals surface area contributed by atoms with Gasteiger partial charge in [0.2, 0.25) is 5.91 Å². The topological polar surface area (TPSA) is 68.4 Å². The molecule has 6 nitrogen and oxygen atoms in total. The zero-order chi connectivity index (χ0) is 18.0. The normalized spacial score (nSPS) is 17.6. The highest BCUT2D eigenvalue weighted by atomic mass is 16.2. The number of urea groups is 1. The van der Waals surface area contributed by atoms with Gasteiger partial charge in [-0.1, -0.05) is 11.6 Å². The molecule has 2 heterocycles. The average molecular weight is 342 g/mol. The first kappa shape index (κ1) is 17.3. The smallest absolute Gasteiger partial charge is 0.317 e. The Morgan fingerprint density at radius 1 is 1.36 bits per heavy atom. The highest BCUT2D eigenvalue weighted by Crippen LogP contribution is 2.18. The lowest BCUT2D eigenvalue weighted by Crippen LogP contribution is -2.52. The molecule has 1 saturated heterocycles. The molecule has 1 aliphatic heterocycles. The number of H-pyrrole nitrogens is 1. The van der Waals surface area contributed by atoms with Gasteiger partial charge < -0.3 is 20.1 Å². The van der Waals surface area contributed by atoms with Crippen molar-refractivity contribution in [1.29, 1.82) is 0 Å². The van der Waals surface area contributed by atoms with E-state index in [0.29, 0.717) is 13.1 Å². The van der Waals surface area contributed by atoms with Crippen LogP contribution in [0, 0.1) is 6.92 Å². The molecular formula is C19H26N4O2. The maximum absolute atomic E-state index is 12.5. The summed E-state index contributed by atoms with van der Waals surface area (Å²) in [6, 6.07) is 8.29. The number of hydrogen-bond donors (Lipinski definition) is 2. The maximum atomic E-state index is 12.5. The summed E-state index contributed by atoms with van der Waals surface area (Å²) in [5.41, 5.74) is 3.28. The Kier molecular flexibility index (Phi) is 4.97. The summed E-state index contributed by atoms with van der Waals surface area (Å²) in [4.78, 5) is 30.9. The molecule has 1 fully saturated rings. The van der Waals surface area contributed by atoms with Crippen LogP contribution < -0.4 is 5.32 Å². The summed E-state index contributed by atoms with van der Waals surface area (Å²) in [6.07, 6.45) is 1.86. The number of benzene rings is 1. The minimum atomic E-state index is -0.106. The largest absolute Gasteiger partial charge is 0.357 e. The van der Waals surface area contributed by atoms with Crippen molar-refractivity contribution < 1.29 is 9.59 Å². The van der Waals surface area contributed by atoms with Crippen LogP contribution in [0.15, 0.2) is 24.3 Å². The van der Waals surface area contributed by atoms with E-state index < -0.39 is 0 Å². The SMILES string of the molecule is CC(=O)N1CCC[C@@H](N(C)C(=O)NCc2cc3cc(C)ccc3[nH]2)C1. The van der Waals surface area contributed by atoms with E-state index in [-0.39, 0.29) is 18.0 Å². The van der Waals surface area contributed by atoms with Crippen LogP contribution in [0.25, 0.3) is 10.9 Å². The van der Waals surface area contributed by atoms with Gasteiger partial charge in [0.15, 0.2) is 0 Å².